The van der Waals surface area contributed by atoms with Crippen molar-refractivity contribution < 1.29 is 19.5 Å². The van der Waals surface area contributed by atoms with Gasteiger partial charge in [-0.25, -0.2) is 0 Å². The highest BCUT2D eigenvalue weighted by Gasteiger charge is 2.29. The van der Waals surface area contributed by atoms with Gasteiger partial charge in [-0.3, -0.25) is 14.4 Å². The smallest absolute Gasteiger partial charge is 0.257 e. The predicted octanol–water partition coefficient (Wildman–Crippen LogP) is 4.60. The monoisotopic (exact) mass is 496 g/mol. The Morgan fingerprint density at radius 1 is 1.03 bits per heavy atom. The van der Waals surface area contributed by atoms with Crippen molar-refractivity contribution in [3.05, 3.63) is 71.1 Å². The Morgan fingerprint density at radius 3 is 2.19 bits per heavy atom. The van der Waals surface area contributed by atoms with Gasteiger partial charge in [0.2, 0.25) is 5.91 Å². The lowest BCUT2D eigenvalue weighted by Gasteiger charge is -2.25. The summed E-state index contributed by atoms with van der Waals surface area (Å²) in [4.78, 5) is 37.9. The molecule has 2 aromatic rings. The van der Waals surface area contributed by atoms with Crippen molar-refractivity contribution in [3.63, 3.8) is 0 Å². The van der Waals surface area contributed by atoms with Crippen molar-refractivity contribution in [2.24, 2.45) is 0 Å². The van der Waals surface area contributed by atoms with Crippen LogP contribution in [0.5, 0.6) is 5.75 Å². The standard InChI is InChI=1S/C23H26N4O4.C3H8.C2H6/c1-14(15-8-5-4-6-9-15)25-20(29)13-24-18-12-19(28)21(18)26-17-11-7-10-16(22(17)30)23(31)27(2)3;1-3-2;1-2/h4-11,14,24,26,30H,12-13H2,1-3H3,(H,25,29);3H2,1-2H3;1-2H3. The lowest BCUT2D eigenvalue weighted by Crippen LogP contribution is -2.39. The molecule has 4 N–H and O–H groups in total. The van der Waals surface area contributed by atoms with Gasteiger partial charge in [0.15, 0.2) is 11.5 Å². The van der Waals surface area contributed by atoms with Crippen LogP contribution in [0, 0.1) is 0 Å². The van der Waals surface area contributed by atoms with E-state index in [-0.39, 0.29) is 59.3 Å². The Labute approximate surface area is 214 Å². The molecule has 0 radical (unpaired) electrons. The molecule has 0 aliphatic heterocycles. The molecular formula is C28H40N4O4. The number of hydrogen-bond donors (Lipinski definition) is 4. The first-order valence-electron chi connectivity index (χ1n) is 12.3. The Bertz CT molecular complexity index is 1050. The normalized spacial score (nSPS) is 12.6. The van der Waals surface area contributed by atoms with E-state index in [2.05, 4.69) is 29.8 Å². The number of allylic oxidation sites excluding steroid dienone is 2. The number of rotatable bonds is 8. The van der Waals surface area contributed by atoms with Gasteiger partial charge in [0.25, 0.3) is 5.91 Å². The first kappa shape index (κ1) is 30.2. The van der Waals surface area contributed by atoms with E-state index in [0.29, 0.717) is 5.70 Å². The Kier molecular flexibility index (Phi) is 12.8. The first-order chi connectivity index (χ1) is 17.2. The SMILES string of the molecule is CC.CC(NC(=O)CNC1=C(Nc2cccc(C(=O)N(C)C)c2O)C(=O)C1)c1ccccc1.CCC. The number of benzene rings is 2. The van der Waals surface area contributed by atoms with Gasteiger partial charge < -0.3 is 26.0 Å². The molecule has 0 spiro atoms. The lowest BCUT2D eigenvalue weighted by atomic mass is 9.98. The zero-order chi connectivity index (χ0) is 27.3. The van der Waals surface area contributed by atoms with Gasteiger partial charge in [0.1, 0.15) is 5.70 Å². The van der Waals surface area contributed by atoms with Crippen LogP contribution >= 0.6 is 0 Å². The fourth-order valence-corrected chi connectivity index (χ4v) is 3.19. The number of carbonyl (C=O) groups excluding carboxylic acids is 3. The molecule has 196 valence electrons. The number of phenolic OH excluding ortho intramolecular Hbond substituents is 1. The van der Waals surface area contributed by atoms with Crippen LogP contribution in [0.2, 0.25) is 0 Å². The van der Waals surface area contributed by atoms with E-state index in [1.165, 1.54) is 17.4 Å². The number of para-hydroxylation sites is 1. The minimum absolute atomic E-state index is 0.0100. The van der Waals surface area contributed by atoms with Crippen molar-refractivity contribution in [1.82, 2.24) is 15.5 Å². The molecule has 2 aromatic carbocycles. The van der Waals surface area contributed by atoms with Crippen molar-refractivity contribution >= 4 is 23.3 Å². The molecule has 36 heavy (non-hydrogen) atoms. The molecule has 2 amide bonds. The van der Waals surface area contributed by atoms with Crippen LogP contribution in [0.1, 0.15) is 69.4 Å². The van der Waals surface area contributed by atoms with Gasteiger partial charge in [0, 0.05) is 19.8 Å². The van der Waals surface area contributed by atoms with Crippen LogP contribution in [-0.4, -0.2) is 48.2 Å². The second kappa shape index (κ2) is 15.2. The Balaban J connectivity index is 0.00000120. The highest BCUT2D eigenvalue weighted by atomic mass is 16.3. The Morgan fingerprint density at radius 2 is 1.64 bits per heavy atom. The third kappa shape index (κ3) is 8.45. The van der Waals surface area contributed by atoms with Gasteiger partial charge >= 0.3 is 0 Å². The molecule has 0 bridgehead atoms. The maximum absolute atomic E-state index is 12.3. The summed E-state index contributed by atoms with van der Waals surface area (Å²) >= 11 is 0. The van der Waals surface area contributed by atoms with Gasteiger partial charge in [-0.05, 0) is 24.6 Å². The molecule has 8 heteroatoms. The van der Waals surface area contributed by atoms with Crippen LogP contribution in [-0.2, 0) is 9.59 Å². The summed E-state index contributed by atoms with van der Waals surface area (Å²) in [6.45, 7) is 10.2. The van der Waals surface area contributed by atoms with Gasteiger partial charge in [0.05, 0.1) is 30.3 Å². The van der Waals surface area contributed by atoms with E-state index in [1.807, 2.05) is 51.1 Å². The summed E-state index contributed by atoms with van der Waals surface area (Å²) in [7, 11) is 3.18. The molecule has 0 fully saturated rings. The number of nitrogens with one attached hydrogen (secondary N) is 3. The number of ketones is 1. The summed E-state index contributed by atoms with van der Waals surface area (Å²) in [5, 5.41) is 19.2. The van der Waals surface area contributed by atoms with Gasteiger partial charge in [-0.1, -0.05) is 70.5 Å². The first-order valence-corrected chi connectivity index (χ1v) is 12.3. The number of nitrogens with zero attached hydrogens (tertiary/aromatic N) is 1. The molecular weight excluding hydrogens is 456 g/mol. The van der Waals surface area contributed by atoms with Crippen LogP contribution < -0.4 is 16.0 Å². The summed E-state index contributed by atoms with van der Waals surface area (Å²) in [5.41, 5.74) is 2.23. The number of amides is 2. The second-order valence-electron chi connectivity index (χ2n) is 8.24. The summed E-state index contributed by atoms with van der Waals surface area (Å²) in [6, 6.07) is 14.2. The molecule has 0 aromatic heterocycles. The van der Waals surface area contributed by atoms with E-state index < -0.39 is 0 Å². The highest BCUT2D eigenvalue weighted by Crippen LogP contribution is 2.32. The molecule has 3 rings (SSSR count). The van der Waals surface area contributed by atoms with Crippen LogP contribution in [0.25, 0.3) is 0 Å². The summed E-state index contributed by atoms with van der Waals surface area (Å²) < 4.78 is 0. The van der Waals surface area contributed by atoms with Gasteiger partial charge in [-0.2, -0.15) is 0 Å². The molecule has 1 atom stereocenters. The minimum Gasteiger partial charge on any atom is -0.505 e. The average Bonchev–Trinajstić information content (AvgIpc) is 2.87. The fourth-order valence-electron chi connectivity index (χ4n) is 3.19. The average molecular weight is 497 g/mol. The topological polar surface area (TPSA) is 111 Å². The second-order valence-corrected chi connectivity index (χ2v) is 8.24. The largest absolute Gasteiger partial charge is 0.505 e. The summed E-state index contributed by atoms with van der Waals surface area (Å²) in [5.74, 6) is -0.937. The molecule has 8 nitrogen and oxygen atoms in total. The minimum atomic E-state index is -0.349. The highest BCUT2D eigenvalue weighted by molar-refractivity contribution is 6.07. The molecule has 0 saturated carbocycles. The molecule has 1 unspecified atom stereocenters. The number of anilines is 1. The maximum atomic E-state index is 12.3. The molecule has 0 saturated heterocycles. The Hall–Kier alpha value is -3.81. The number of aromatic hydroxyl groups is 1. The van der Waals surface area contributed by atoms with Gasteiger partial charge in [-0.15, -0.1) is 0 Å². The third-order valence-corrected chi connectivity index (χ3v) is 4.99. The molecule has 0 heterocycles. The third-order valence-electron chi connectivity index (χ3n) is 4.99. The molecule has 1 aliphatic carbocycles. The van der Waals surface area contributed by atoms with Crippen molar-refractivity contribution in [3.8, 4) is 5.75 Å². The lowest BCUT2D eigenvalue weighted by molar-refractivity contribution is -0.121. The maximum Gasteiger partial charge on any atom is 0.257 e. The molecule has 1 aliphatic rings. The van der Waals surface area contributed by atoms with Crippen molar-refractivity contribution in [2.45, 2.75) is 53.5 Å². The van der Waals surface area contributed by atoms with Crippen molar-refractivity contribution in [1.29, 1.82) is 0 Å². The van der Waals surface area contributed by atoms with E-state index in [4.69, 9.17) is 0 Å². The van der Waals surface area contributed by atoms with Crippen LogP contribution in [0.15, 0.2) is 59.9 Å². The van der Waals surface area contributed by atoms with Crippen LogP contribution in [0.3, 0.4) is 0 Å². The van der Waals surface area contributed by atoms with Crippen molar-refractivity contribution in [2.75, 3.05) is 26.0 Å². The quantitative estimate of drug-likeness (QED) is 0.398. The van der Waals surface area contributed by atoms with E-state index in [9.17, 15) is 19.5 Å². The number of phenols is 1. The number of Topliss-reactive ketones (excluding diaryl/α,β-unsaturated/α-hetero) is 1. The van der Waals surface area contributed by atoms with E-state index in [1.54, 1.807) is 26.2 Å². The summed E-state index contributed by atoms with van der Waals surface area (Å²) in [6.07, 6.45) is 1.42. The zero-order valence-corrected chi connectivity index (χ0v) is 22.4. The fraction of sp³-hybridized carbons (Fsp3) is 0.393. The van der Waals surface area contributed by atoms with E-state index in [0.717, 1.165) is 5.56 Å². The van der Waals surface area contributed by atoms with Crippen LogP contribution in [0.4, 0.5) is 5.69 Å². The predicted molar refractivity (Wildman–Crippen MR) is 145 cm³/mol. The zero-order valence-electron chi connectivity index (χ0n) is 22.4. The number of carbonyl (C=O) groups is 3. The number of hydrogen-bond acceptors (Lipinski definition) is 6. The van der Waals surface area contributed by atoms with E-state index >= 15 is 0 Å².